The Morgan fingerprint density at radius 1 is 1.11 bits per heavy atom. The van der Waals surface area contributed by atoms with Gasteiger partial charge in [-0.25, -0.2) is 0 Å². The van der Waals surface area contributed by atoms with Crippen molar-refractivity contribution in [2.24, 2.45) is 0 Å². The van der Waals surface area contributed by atoms with Gasteiger partial charge in [-0.3, -0.25) is 14.5 Å². The van der Waals surface area contributed by atoms with E-state index in [1.807, 2.05) is 49.6 Å². The number of thiophene rings is 1. The summed E-state index contributed by atoms with van der Waals surface area (Å²) in [7, 11) is 0. The molecule has 136 valence electrons. The molecule has 0 spiro atoms. The number of anilines is 1. The minimum atomic E-state index is -0.698. The van der Waals surface area contributed by atoms with Crippen molar-refractivity contribution < 1.29 is 19.1 Å². The van der Waals surface area contributed by atoms with Gasteiger partial charge in [0.15, 0.2) is 11.5 Å². The molecule has 1 aliphatic rings. The molecule has 5 nitrogen and oxygen atoms in total. The number of aryl methyl sites for hydroxylation is 2. The van der Waals surface area contributed by atoms with Crippen molar-refractivity contribution in [3.8, 4) is 0 Å². The van der Waals surface area contributed by atoms with Gasteiger partial charge in [0.2, 0.25) is 5.78 Å². The van der Waals surface area contributed by atoms with Gasteiger partial charge in [0.25, 0.3) is 5.91 Å². The summed E-state index contributed by atoms with van der Waals surface area (Å²) >= 11 is 1.45. The Morgan fingerprint density at radius 3 is 2.52 bits per heavy atom. The molecule has 1 aromatic carbocycles. The molecule has 0 fully saturated rings. The van der Waals surface area contributed by atoms with Crippen LogP contribution in [0.2, 0.25) is 0 Å². The molecule has 0 bridgehead atoms. The number of benzene rings is 1. The number of hydrogen-bond donors (Lipinski definition) is 1. The molecule has 1 aliphatic heterocycles. The number of aliphatic hydroxyl groups is 1. The number of carbonyl (C=O) groups excluding carboxylic acids is 2. The van der Waals surface area contributed by atoms with Crippen molar-refractivity contribution in [2.45, 2.75) is 19.9 Å². The molecule has 1 amide bonds. The number of aliphatic hydroxyl groups excluding tert-OH is 1. The molecule has 3 aromatic rings. The maximum atomic E-state index is 13.1. The Kier molecular flexibility index (Phi) is 4.20. The van der Waals surface area contributed by atoms with E-state index in [0.717, 1.165) is 16.0 Å². The summed E-state index contributed by atoms with van der Waals surface area (Å²) in [5.74, 6) is -1.51. The second-order valence-electron chi connectivity index (χ2n) is 6.40. The van der Waals surface area contributed by atoms with E-state index < -0.39 is 23.5 Å². The Balaban J connectivity index is 1.92. The predicted molar refractivity (Wildman–Crippen MR) is 103 cm³/mol. The van der Waals surface area contributed by atoms with E-state index in [9.17, 15) is 14.7 Å². The van der Waals surface area contributed by atoms with Crippen LogP contribution in [0.1, 0.15) is 32.6 Å². The van der Waals surface area contributed by atoms with Crippen molar-refractivity contribution in [3.63, 3.8) is 0 Å². The van der Waals surface area contributed by atoms with Gasteiger partial charge in [0, 0.05) is 10.6 Å². The lowest BCUT2D eigenvalue weighted by Crippen LogP contribution is -2.31. The highest BCUT2D eigenvalue weighted by Gasteiger charge is 2.46. The highest BCUT2D eigenvalue weighted by molar-refractivity contribution is 7.10. The van der Waals surface area contributed by atoms with Gasteiger partial charge in [-0.1, -0.05) is 18.2 Å². The lowest BCUT2D eigenvalue weighted by atomic mass is 9.98. The van der Waals surface area contributed by atoms with Crippen molar-refractivity contribution in [2.75, 3.05) is 4.90 Å². The summed E-state index contributed by atoms with van der Waals surface area (Å²) in [6, 6.07) is 11.8. The Bertz CT molecular complexity index is 1060. The number of amides is 1. The molecule has 1 unspecified atom stereocenters. The second kappa shape index (κ2) is 6.55. The monoisotopic (exact) mass is 379 g/mol. The molecule has 0 saturated heterocycles. The third kappa shape index (κ3) is 2.69. The maximum Gasteiger partial charge on any atom is 0.294 e. The number of nitrogens with zero attached hydrogens (tertiary/aromatic N) is 1. The van der Waals surface area contributed by atoms with Crippen LogP contribution in [0.15, 0.2) is 69.9 Å². The largest absolute Gasteiger partial charge is 0.503 e. The van der Waals surface area contributed by atoms with E-state index >= 15 is 0 Å². The first-order chi connectivity index (χ1) is 13.0. The quantitative estimate of drug-likeness (QED) is 0.665. The van der Waals surface area contributed by atoms with Gasteiger partial charge in [0.1, 0.15) is 6.04 Å². The zero-order valence-electron chi connectivity index (χ0n) is 14.8. The standard InChI is InChI=1S/C21H17NO4S/c1-12-6-3-4-7-14(12)22-17(20-13(2)9-11-27-20)16(19(24)21(22)25)18(23)15-8-5-10-26-15/h3-11,17,24H,1-2H3. The fraction of sp³-hybridized carbons (Fsp3) is 0.143. The van der Waals surface area contributed by atoms with Crippen molar-refractivity contribution in [1.29, 1.82) is 0 Å². The number of rotatable bonds is 4. The highest BCUT2D eigenvalue weighted by atomic mass is 32.1. The lowest BCUT2D eigenvalue weighted by Gasteiger charge is -2.27. The summed E-state index contributed by atoms with van der Waals surface area (Å²) in [5.41, 5.74) is 2.54. The third-order valence-corrected chi connectivity index (χ3v) is 5.79. The normalized spacial score (nSPS) is 17.0. The SMILES string of the molecule is Cc1ccccc1N1C(=O)C(O)=C(C(=O)c2ccco2)C1c1sccc1C. The number of furan rings is 1. The van der Waals surface area contributed by atoms with Crippen LogP contribution in [0.25, 0.3) is 0 Å². The van der Waals surface area contributed by atoms with E-state index in [-0.39, 0.29) is 11.3 Å². The van der Waals surface area contributed by atoms with Gasteiger partial charge in [-0.2, -0.15) is 0 Å². The van der Waals surface area contributed by atoms with Gasteiger partial charge in [-0.05, 0) is 54.6 Å². The molecule has 3 heterocycles. The molecule has 2 aromatic heterocycles. The van der Waals surface area contributed by atoms with Crippen molar-refractivity contribution in [1.82, 2.24) is 0 Å². The molecule has 27 heavy (non-hydrogen) atoms. The summed E-state index contributed by atoms with van der Waals surface area (Å²) in [6.45, 7) is 3.82. The number of hydrogen-bond acceptors (Lipinski definition) is 5. The van der Waals surface area contributed by atoms with E-state index in [4.69, 9.17) is 4.42 Å². The Morgan fingerprint density at radius 2 is 1.89 bits per heavy atom. The Labute approximate surface area is 160 Å². The van der Waals surface area contributed by atoms with Crippen LogP contribution in [0.5, 0.6) is 0 Å². The fourth-order valence-corrected chi connectivity index (χ4v) is 4.40. The topological polar surface area (TPSA) is 70.8 Å². The smallest absolute Gasteiger partial charge is 0.294 e. The van der Waals surface area contributed by atoms with Crippen LogP contribution in [0.4, 0.5) is 5.69 Å². The molecule has 4 rings (SSSR count). The summed E-state index contributed by atoms with van der Waals surface area (Å²) in [5, 5.41) is 12.6. The minimum Gasteiger partial charge on any atom is -0.503 e. The van der Waals surface area contributed by atoms with Gasteiger partial charge in [0.05, 0.1) is 11.8 Å². The lowest BCUT2D eigenvalue weighted by molar-refractivity contribution is -0.117. The maximum absolute atomic E-state index is 13.1. The zero-order valence-corrected chi connectivity index (χ0v) is 15.6. The number of Topliss-reactive ketones (excluding diaryl/α,β-unsaturated/α-hetero) is 1. The molecule has 0 radical (unpaired) electrons. The summed E-state index contributed by atoms with van der Waals surface area (Å²) < 4.78 is 5.23. The van der Waals surface area contributed by atoms with Crippen LogP contribution in [-0.4, -0.2) is 16.8 Å². The molecule has 6 heteroatoms. The second-order valence-corrected chi connectivity index (χ2v) is 7.35. The van der Waals surface area contributed by atoms with E-state index in [1.165, 1.54) is 28.6 Å². The van der Waals surface area contributed by atoms with Gasteiger partial charge >= 0.3 is 0 Å². The average Bonchev–Trinajstić information content (AvgIpc) is 3.37. The molecular formula is C21H17NO4S. The average molecular weight is 379 g/mol. The minimum absolute atomic E-state index is 0.0451. The Hall–Kier alpha value is -3.12. The van der Waals surface area contributed by atoms with Crippen molar-refractivity contribution >= 4 is 28.7 Å². The first-order valence-electron chi connectivity index (χ1n) is 8.45. The van der Waals surface area contributed by atoms with Crippen LogP contribution in [-0.2, 0) is 4.79 Å². The van der Waals surface area contributed by atoms with E-state index in [0.29, 0.717) is 5.69 Å². The summed E-state index contributed by atoms with van der Waals surface area (Å²) in [4.78, 5) is 28.4. The molecule has 0 saturated carbocycles. The molecule has 1 N–H and O–H groups in total. The van der Waals surface area contributed by atoms with Crippen molar-refractivity contribution in [3.05, 3.63) is 87.2 Å². The molecule has 0 aliphatic carbocycles. The zero-order chi connectivity index (χ0) is 19.1. The summed E-state index contributed by atoms with van der Waals surface area (Å²) in [6.07, 6.45) is 1.39. The van der Waals surface area contributed by atoms with Gasteiger partial charge < -0.3 is 9.52 Å². The van der Waals surface area contributed by atoms with Crippen LogP contribution < -0.4 is 4.90 Å². The number of carbonyl (C=O) groups is 2. The van der Waals surface area contributed by atoms with E-state index in [1.54, 1.807) is 6.07 Å². The number of para-hydroxylation sites is 1. The van der Waals surface area contributed by atoms with Crippen LogP contribution >= 0.6 is 11.3 Å². The van der Waals surface area contributed by atoms with E-state index in [2.05, 4.69) is 0 Å². The third-order valence-electron chi connectivity index (χ3n) is 4.72. The van der Waals surface area contributed by atoms with Crippen LogP contribution in [0.3, 0.4) is 0 Å². The molecular weight excluding hydrogens is 362 g/mol. The highest BCUT2D eigenvalue weighted by Crippen LogP contribution is 2.45. The van der Waals surface area contributed by atoms with Gasteiger partial charge in [-0.15, -0.1) is 11.3 Å². The first-order valence-corrected chi connectivity index (χ1v) is 9.33. The first kappa shape index (κ1) is 17.3. The fourth-order valence-electron chi connectivity index (χ4n) is 3.37. The number of ketones is 1. The van der Waals surface area contributed by atoms with Crippen LogP contribution in [0, 0.1) is 13.8 Å². The predicted octanol–water partition coefficient (Wildman–Crippen LogP) is 4.74. The molecule has 1 atom stereocenters.